The van der Waals surface area contributed by atoms with Gasteiger partial charge < -0.3 is 10.2 Å². The first kappa shape index (κ1) is 23.6. The molecule has 1 N–H and O–H groups in total. The molecule has 1 aromatic carbocycles. The molecule has 2 aliphatic heterocycles. The summed E-state index contributed by atoms with van der Waals surface area (Å²) < 4.78 is 0. The van der Waals surface area contributed by atoms with Crippen LogP contribution in [0, 0.1) is 0 Å². The van der Waals surface area contributed by atoms with Crippen molar-refractivity contribution in [1.82, 2.24) is 15.1 Å². The van der Waals surface area contributed by atoms with Crippen LogP contribution in [0.15, 0.2) is 30.3 Å². The van der Waals surface area contributed by atoms with Crippen molar-refractivity contribution in [2.45, 2.75) is 37.9 Å². The molecule has 26 heavy (non-hydrogen) atoms. The van der Waals surface area contributed by atoms with Gasteiger partial charge in [0.1, 0.15) is 0 Å². The van der Waals surface area contributed by atoms with Gasteiger partial charge in [-0.05, 0) is 24.9 Å². The lowest BCUT2D eigenvalue weighted by Gasteiger charge is -2.38. The maximum Gasteiger partial charge on any atom is 0.224 e. The fourth-order valence-electron chi connectivity index (χ4n) is 3.64. The highest BCUT2D eigenvalue weighted by molar-refractivity contribution is 7.99. The molecule has 1 aromatic rings. The van der Waals surface area contributed by atoms with Crippen LogP contribution in [0.4, 0.5) is 0 Å². The molecule has 0 radical (unpaired) electrons. The first-order chi connectivity index (χ1) is 11.7. The van der Waals surface area contributed by atoms with Crippen LogP contribution < -0.4 is 5.32 Å². The Morgan fingerprint density at radius 1 is 1.31 bits per heavy atom. The fraction of sp³-hybridized carbons (Fsp3) is 0.632. The summed E-state index contributed by atoms with van der Waals surface area (Å²) in [6.45, 7) is 4.14. The number of carbonyl (C=O) groups excluding carboxylic acids is 1. The second kappa shape index (κ2) is 12.1. The number of piperidine rings is 1. The summed E-state index contributed by atoms with van der Waals surface area (Å²) in [4.78, 5) is 17.1. The predicted octanol–water partition coefficient (Wildman–Crippen LogP) is 3.05. The van der Waals surface area contributed by atoms with E-state index in [2.05, 4.69) is 40.5 Å². The standard InChI is InChI=1S/C19H29N3OS.2ClH/c1-21(19(23)12-17-15-24-11-9-20-17)18-8-5-10-22(14-18)13-16-6-3-2-4-7-16;;/h2-4,6-7,17-18,20H,5,8-15H2,1H3;2*1H. The molecular weight excluding hydrogens is 389 g/mol. The molecule has 0 bridgehead atoms. The van der Waals surface area contributed by atoms with Crippen LogP contribution in [-0.4, -0.2) is 66.0 Å². The van der Waals surface area contributed by atoms with Crippen molar-refractivity contribution in [2.75, 3.05) is 38.2 Å². The number of nitrogens with zero attached hydrogens (tertiary/aromatic N) is 2. The molecular formula is C19H31Cl2N3OS. The Labute approximate surface area is 174 Å². The normalized spacial score (nSPS) is 23.4. The van der Waals surface area contributed by atoms with Crippen molar-refractivity contribution in [3.63, 3.8) is 0 Å². The van der Waals surface area contributed by atoms with Crippen molar-refractivity contribution < 1.29 is 4.79 Å². The summed E-state index contributed by atoms with van der Waals surface area (Å²) in [6, 6.07) is 11.3. The largest absolute Gasteiger partial charge is 0.341 e. The van der Waals surface area contributed by atoms with E-state index in [0.717, 1.165) is 44.1 Å². The van der Waals surface area contributed by atoms with E-state index in [0.29, 0.717) is 24.4 Å². The fourth-order valence-corrected chi connectivity index (χ4v) is 4.59. The smallest absolute Gasteiger partial charge is 0.224 e. The van der Waals surface area contributed by atoms with Gasteiger partial charge in [-0.1, -0.05) is 30.3 Å². The molecule has 4 nitrogen and oxygen atoms in total. The Bertz CT molecular complexity index is 529. The van der Waals surface area contributed by atoms with Crippen LogP contribution in [0.2, 0.25) is 0 Å². The number of hydrogen-bond donors (Lipinski definition) is 1. The van der Waals surface area contributed by atoms with E-state index in [1.165, 1.54) is 12.0 Å². The molecule has 148 valence electrons. The van der Waals surface area contributed by atoms with Gasteiger partial charge in [0, 0.05) is 56.7 Å². The van der Waals surface area contributed by atoms with Gasteiger partial charge in [-0.3, -0.25) is 9.69 Å². The SMILES string of the molecule is CN(C(=O)CC1CSCCN1)C1CCCN(Cc2ccccc2)C1.Cl.Cl. The molecule has 1 amide bonds. The van der Waals surface area contributed by atoms with Gasteiger partial charge in [0.05, 0.1) is 0 Å². The number of benzene rings is 1. The van der Waals surface area contributed by atoms with Crippen molar-refractivity contribution in [3.05, 3.63) is 35.9 Å². The van der Waals surface area contributed by atoms with Gasteiger partial charge in [0.25, 0.3) is 0 Å². The van der Waals surface area contributed by atoms with E-state index >= 15 is 0 Å². The topological polar surface area (TPSA) is 35.6 Å². The van der Waals surface area contributed by atoms with Crippen LogP contribution in [0.1, 0.15) is 24.8 Å². The number of carbonyl (C=O) groups is 1. The number of likely N-dealkylation sites (N-methyl/N-ethyl adjacent to an activating group) is 1. The molecule has 3 rings (SSSR count). The summed E-state index contributed by atoms with van der Waals surface area (Å²) in [5, 5.41) is 3.47. The monoisotopic (exact) mass is 419 g/mol. The Morgan fingerprint density at radius 3 is 2.77 bits per heavy atom. The number of amides is 1. The predicted molar refractivity (Wildman–Crippen MR) is 116 cm³/mol. The van der Waals surface area contributed by atoms with E-state index < -0.39 is 0 Å². The van der Waals surface area contributed by atoms with E-state index in [1.54, 1.807) is 0 Å². The first-order valence-corrected chi connectivity index (χ1v) is 10.2. The summed E-state index contributed by atoms with van der Waals surface area (Å²) in [6.07, 6.45) is 2.94. The highest BCUT2D eigenvalue weighted by Crippen LogP contribution is 2.19. The Kier molecular flexibility index (Phi) is 11.0. The van der Waals surface area contributed by atoms with Gasteiger partial charge in [0.15, 0.2) is 0 Å². The Hall–Kier alpha value is -0.460. The lowest BCUT2D eigenvalue weighted by molar-refractivity contribution is -0.133. The molecule has 0 saturated carbocycles. The van der Waals surface area contributed by atoms with Gasteiger partial charge in [-0.25, -0.2) is 0 Å². The van der Waals surface area contributed by atoms with E-state index in [9.17, 15) is 4.79 Å². The highest BCUT2D eigenvalue weighted by atomic mass is 35.5. The minimum absolute atomic E-state index is 0. The zero-order valence-corrected chi connectivity index (χ0v) is 17.9. The van der Waals surface area contributed by atoms with Crippen molar-refractivity contribution in [1.29, 1.82) is 0 Å². The first-order valence-electron chi connectivity index (χ1n) is 9.05. The van der Waals surface area contributed by atoms with Gasteiger partial charge in [0.2, 0.25) is 5.91 Å². The third kappa shape index (κ3) is 6.93. The number of nitrogens with one attached hydrogen (secondary N) is 1. The van der Waals surface area contributed by atoms with E-state index in [-0.39, 0.29) is 24.8 Å². The van der Waals surface area contributed by atoms with Crippen LogP contribution >= 0.6 is 36.6 Å². The maximum absolute atomic E-state index is 12.6. The lowest BCUT2D eigenvalue weighted by atomic mass is 10.0. The van der Waals surface area contributed by atoms with Crippen LogP contribution in [0.25, 0.3) is 0 Å². The minimum Gasteiger partial charge on any atom is -0.341 e. The third-order valence-electron chi connectivity index (χ3n) is 5.09. The third-order valence-corrected chi connectivity index (χ3v) is 6.22. The van der Waals surface area contributed by atoms with Crippen LogP contribution in [0.5, 0.6) is 0 Å². The van der Waals surface area contributed by atoms with Gasteiger partial charge >= 0.3 is 0 Å². The molecule has 2 fully saturated rings. The van der Waals surface area contributed by atoms with Gasteiger partial charge in [-0.2, -0.15) is 11.8 Å². The maximum atomic E-state index is 12.6. The molecule has 2 heterocycles. The van der Waals surface area contributed by atoms with Crippen molar-refractivity contribution >= 4 is 42.5 Å². The lowest BCUT2D eigenvalue weighted by Crippen LogP contribution is -2.50. The molecule has 0 spiro atoms. The van der Waals surface area contributed by atoms with Gasteiger partial charge in [-0.15, -0.1) is 24.8 Å². The number of thioether (sulfide) groups is 1. The van der Waals surface area contributed by atoms with E-state index in [4.69, 9.17) is 0 Å². The zero-order valence-electron chi connectivity index (χ0n) is 15.4. The number of halogens is 2. The van der Waals surface area contributed by atoms with Crippen LogP contribution in [-0.2, 0) is 11.3 Å². The average molecular weight is 420 g/mol. The van der Waals surface area contributed by atoms with Crippen molar-refractivity contribution in [3.8, 4) is 0 Å². The second-order valence-corrected chi connectivity index (χ2v) is 8.10. The molecule has 2 saturated heterocycles. The highest BCUT2D eigenvalue weighted by Gasteiger charge is 2.27. The minimum atomic E-state index is 0. The average Bonchev–Trinajstić information content (AvgIpc) is 2.63. The summed E-state index contributed by atoms with van der Waals surface area (Å²) in [5.41, 5.74) is 1.36. The Morgan fingerprint density at radius 2 is 2.08 bits per heavy atom. The second-order valence-electron chi connectivity index (χ2n) is 6.95. The quantitative estimate of drug-likeness (QED) is 0.795. The molecule has 0 aliphatic carbocycles. The number of likely N-dealkylation sites (tertiary alicyclic amines) is 1. The van der Waals surface area contributed by atoms with Crippen LogP contribution in [0.3, 0.4) is 0 Å². The molecule has 2 unspecified atom stereocenters. The Balaban J connectivity index is 0.00000169. The van der Waals surface area contributed by atoms with E-state index in [1.807, 2.05) is 23.7 Å². The summed E-state index contributed by atoms with van der Waals surface area (Å²) >= 11 is 1.95. The molecule has 0 aromatic heterocycles. The molecule has 2 aliphatic rings. The number of hydrogen-bond acceptors (Lipinski definition) is 4. The number of rotatable bonds is 5. The molecule has 2 atom stereocenters. The molecule has 7 heteroatoms. The summed E-state index contributed by atoms with van der Waals surface area (Å²) in [5.74, 6) is 2.52. The van der Waals surface area contributed by atoms with Crippen molar-refractivity contribution in [2.24, 2.45) is 0 Å². The summed E-state index contributed by atoms with van der Waals surface area (Å²) in [7, 11) is 2.00. The zero-order chi connectivity index (χ0) is 16.8.